The van der Waals surface area contributed by atoms with Gasteiger partial charge in [0.2, 0.25) is 0 Å². The van der Waals surface area contributed by atoms with Crippen LogP contribution in [-0.2, 0) is 9.05 Å². The highest BCUT2D eigenvalue weighted by Crippen LogP contribution is 2.40. The lowest BCUT2D eigenvalue weighted by molar-refractivity contribution is 0.162. The Balaban J connectivity index is 1.88. The molecule has 0 aliphatic rings. The summed E-state index contributed by atoms with van der Waals surface area (Å²) in [5, 5.41) is 0. The molecule has 0 aliphatic heterocycles. The monoisotopic (exact) mass is 289 g/mol. The molecule has 4 heteroatoms. The smallest absolute Gasteiger partial charge is 0.254 e. The summed E-state index contributed by atoms with van der Waals surface area (Å²) >= 11 is 0. The molecular weight excluding hydrogens is 269 g/mol. The molecule has 0 saturated heterocycles. The quantitative estimate of drug-likeness (QED) is 0.782. The molecule has 0 amide bonds. The summed E-state index contributed by atoms with van der Waals surface area (Å²) in [6.45, 7) is 3.96. The highest BCUT2D eigenvalue weighted by atomic mass is 31.2. The Bertz CT molecular complexity index is 459. The van der Waals surface area contributed by atoms with Crippen molar-refractivity contribution >= 4 is 8.53 Å². The fraction of sp³-hybridized carbons (Fsp3) is 0.250. The Morgan fingerprint density at radius 3 is 1.45 bits per heavy atom. The van der Waals surface area contributed by atoms with Gasteiger partial charge in [-0.2, -0.15) is 0 Å². The van der Waals surface area contributed by atoms with Crippen LogP contribution < -0.4 is 5.50 Å². The Hall–Kier alpha value is -1.25. The Labute approximate surface area is 121 Å². The van der Waals surface area contributed by atoms with E-state index in [9.17, 15) is 0 Å². The largest absolute Gasteiger partial charge is 0.314 e. The summed E-state index contributed by atoms with van der Waals surface area (Å²) in [4.78, 5) is 0. The molecule has 106 valence electrons. The predicted octanol–water partition coefficient (Wildman–Crippen LogP) is 4.73. The van der Waals surface area contributed by atoms with Crippen LogP contribution in [0.3, 0.4) is 0 Å². The van der Waals surface area contributed by atoms with Crippen molar-refractivity contribution in [3.8, 4) is 0 Å². The summed E-state index contributed by atoms with van der Waals surface area (Å²) in [5.41, 5.74) is 8.17. The molecule has 0 aliphatic carbocycles. The molecule has 0 aromatic heterocycles. The van der Waals surface area contributed by atoms with Gasteiger partial charge in [-0.3, -0.25) is 5.50 Å². The van der Waals surface area contributed by atoms with Crippen molar-refractivity contribution in [2.24, 2.45) is 5.50 Å². The first-order valence-corrected chi connectivity index (χ1v) is 7.89. The Kier molecular flexibility index (Phi) is 5.69. The van der Waals surface area contributed by atoms with Gasteiger partial charge in [-0.15, -0.1) is 0 Å². The summed E-state index contributed by atoms with van der Waals surface area (Å²) in [7, 11) is -1.41. The van der Waals surface area contributed by atoms with Crippen LogP contribution in [0.4, 0.5) is 0 Å². The molecule has 0 saturated carbocycles. The Morgan fingerprint density at radius 2 is 1.10 bits per heavy atom. The predicted molar refractivity (Wildman–Crippen MR) is 83.0 cm³/mol. The zero-order valence-corrected chi connectivity index (χ0v) is 12.7. The minimum absolute atomic E-state index is 0.0738. The topological polar surface area (TPSA) is 44.5 Å². The summed E-state index contributed by atoms with van der Waals surface area (Å²) in [5.74, 6) is 0. The van der Waals surface area contributed by atoms with Gasteiger partial charge in [-0.05, 0) is 25.0 Å². The zero-order valence-electron chi connectivity index (χ0n) is 11.8. The van der Waals surface area contributed by atoms with Gasteiger partial charge in [0.1, 0.15) is 0 Å². The van der Waals surface area contributed by atoms with Gasteiger partial charge in [0, 0.05) is 0 Å². The molecule has 0 bridgehead atoms. The van der Waals surface area contributed by atoms with E-state index >= 15 is 0 Å². The highest BCUT2D eigenvalue weighted by Gasteiger charge is 2.16. The van der Waals surface area contributed by atoms with Crippen molar-refractivity contribution in [3.63, 3.8) is 0 Å². The Morgan fingerprint density at radius 1 is 0.750 bits per heavy atom. The minimum atomic E-state index is -1.41. The summed E-state index contributed by atoms with van der Waals surface area (Å²) in [6, 6.07) is 20.0. The van der Waals surface area contributed by atoms with E-state index in [1.54, 1.807) is 0 Å². The van der Waals surface area contributed by atoms with Gasteiger partial charge >= 0.3 is 0 Å². The molecular formula is C16H20NO2P. The van der Waals surface area contributed by atoms with E-state index in [4.69, 9.17) is 14.6 Å². The molecule has 2 aromatic rings. The van der Waals surface area contributed by atoms with Gasteiger partial charge in [0.15, 0.2) is 0 Å². The number of hydrogen-bond acceptors (Lipinski definition) is 3. The maximum absolute atomic E-state index is 5.97. The van der Waals surface area contributed by atoms with Crippen LogP contribution in [0.25, 0.3) is 0 Å². The van der Waals surface area contributed by atoms with E-state index in [0.29, 0.717) is 0 Å². The lowest BCUT2D eigenvalue weighted by atomic mass is 10.1. The fourth-order valence-electron chi connectivity index (χ4n) is 1.91. The molecule has 0 fully saturated rings. The molecule has 2 aromatic carbocycles. The van der Waals surface area contributed by atoms with Gasteiger partial charge in [-0.1, -0.05) is 60.7 Å². The molecule has 2 N–H and O–H groups in total. The number of rotatable bonds is 6. The molecule has 0 radical (unpaired) electrons. The third-order valence-electron chi connectivity index (χ3n) is 3.06. The third kappa shape index (κ3) is 4.39. The van der Waals surface area contributed by atoms with Gasteiger partial charge in [0.05, 0.1) is 12.2 Å². The van der Waals surface area contributed by atoms with E-state index in [2.05, 4.69) is 0 Å². The first kappa shape index (κ1) is 15.1. The normalized spacial score (nSPS) is 15.6. The van der Waals surface area contributed by atoms with Crippen LogP contribution in [0.15, 0.2) is 60.7 Å². The van der Waals surface area contributed by atoms with Crippen LogP contribution in [0.5, 0.6) is 0 Å². The van der Waals surface area contributed by atoms with E-state index in [1.165, 1.54) is 0 Å². The summed E-state index contributed by atoms with van der Waals surface area (Å²) < 4.78 is 11.5. The standard InChI is InChI=1S/C16H20NO2P/c1-13(15-9-5-3-6-10-15)18-20(17)19-14(2)16-11-7-4-8-12-16/h3-14H,17H2,1-2H3. The molecule has 0 heterocycles. The van der Waals surface area contributed by atoms with Crippen molar-refractivity contribution in [2.45, 2.75) is 26.1 Å². The molecule has 20 heavy (non-hydrogen) atoms. The average Bonchev–Trinajstić information content (AvgIpc) is 2.49. The summed E-state index contributed by atoms with van der Waals surface area (Å²) in [6.07, 6.45) is -0.148. The molecule has 0 spiro atoms. The van der Waals surface area contributed by atoms with Crippen LogP contribution in [-0.4, -0.2) is 0 Å². The zero-order chi connectivity index (χ0) is 14.4. The van der Waals surface area contributed by atoms with Gasteiger partial charge in [-0.25, -0.2) is 0 Å². The molecule has 2 atom stereocenters. The lowest BCUT2D eigenvalue weighted by Gasteiger charge is -2.21. The first-order chi connectivity index (χ1) is 9.66. The third-order valence-corrected chi connectivity index (χ3v) is 4.11. The van der Waals surface area contributed by atoms with Gasteiger partial charge in [0.25, 0.3) is 8.53 Å². The van der Waals surface area contributed by atoms with Crippen LogP contribution in [0.2, 0.25) is 0 Å². The molecule has 3 nitrogen and oxygen atoms in total. The minimum Gasteiger partial charge on any atom is -0.314 e. The van der Waals surface area contributed by atoms with Crippen molar-refractivity contribution < 1.29 is 9.05 Å². The van der Waals surface area contributed by atoms with E-state index in [1.807, 2.05) is 74.5 Å². The maximum atomic E-state index is 5.97. The van der Waals surface area contributed by atoms with Crippen molar-refractivity contribution in [1.82, 2.24) is 0 Å². The van der Waals surface area contributed by atoms with E-state index < -0.39 is 8.53 Å². The molecule has 2 unspecified atom stereocenters. The van der Waals surface area contributed by atoms with Crippen LogP contribution in [0.1, 0.15) is 37.2 Å². The van der Waals surface area contributed by atoms with Crippen molar-refractivity contribution in [2.75, 3.05) is 0 Å². The highest BCUT2D eigenvalue weighted by molar-refractivity contribution is 7.44. The fourth-order valence-corrected chi connectivity index (χ4v) is 2.82. The van der Waals surface area contributed by atoms with Crippen molar-refractivity contribution in [3.05, 3.63) is 71.8 Å². The van der Waals surface area contributed by atoms with Crippen LogP contribution in [0, 0.1) is 0 Å². The SMILES string of the molecule is CC(OP(N)OC(C)c1ccccc1)c1ccccc1. The van der Waals surface area contributed by atoms with E-state index in [0.717, 1.165) is 11.1 Å². The second kappa shape index (κ2) is 7.51. The van der Waals surface area contributed by atoms with Crippen molar-refractivity contribution in [1.29, 1.82) is 0 Å². The number of benzene rings is 2. The van der Waals surface area contributed by atoms with E-state index in [-0.39, 0.29) is 12.2 Å². The maximum Gasteiger partial charge on any atom is 0.254 e. The second-order valence-electron chi connectivity index (χ2n) is 4.60. The molecule has 2 rings (SSSR count). The number of nitrogens with two attached hydrogens (primary N) is 1. The van der Waals surface area contributed by atoms with Gasteiger partial charge < -0.3 is 9.05 Å². The first-order valence-electron chi connectivity index (χ1n) is 6.65. The van der Waals surface area contributed by atoms with Crippen LogP contribution >= 0.6 is 8.53 Å². The number of hydrogen-bond donors (Lipinski definition) is 1. The average molecular weight is 289 g/mol. The second-order valence-corrected chi connectivity index (χ2v) is 5.59. The lowest BCUT2D eigenvalue weighted by Crippen LogP contribution is -2.06.